The van der Waals surface area contributed by atoms with Gasteiger partial charge in [-0.05, 0) is 10.8 Å². The number of aliphatic hydroxyl groups is 1. The van der Waals surface area contributed by atoms with E-state index in [0.717, 1.165) is 0 Å². The molecule has 3 nitrogen and oxygen atoms in total. The molecule has 0 aliphatic rings. The van der Waals surface area contributed by atoms with Gasteiger partial charge in [-0.25, -0.2) is 0 Å². The number of carbonyl (C=O) groups is 1. The topological polar surface area (TPSA) is 46.5 Å². The van der Waals surface area contributed by atoms with E-state index < -0.39 is 0 Å². The lowest BCUT2D eigenvalue weighted by Crippen LogP contribution is -1.95. The predicted molar refractivity (Wildman–Crippen MR) is 43.4 cm³/mol. The number of thiophene rings is 1. The third-order valence-corrected chi connectivity index (χ3v) is 1.33. The molecule has 0 amide bonds. The van der Waals surface area contributed by atoms with E-state index in [4.69, 9.17) is 5.11 Å². The van der Waals surface area contributed by atoms with Gasteiger partial charge in [0.2, 0.25) is 0 Å². The van der Waals surface area contributed by atoms with Crippen LogP contribution in [0.3, 0.4) is 0 Å². The fourth-order valence-electron chi connectivity index (χ4n) is 0.328. The van der Waals surface area contributed by atoms with Gasteiger partial charge >= 0.3 is 0 Å². The van der Waals surface area contributed by atoms with Crippen molar-refractivity contribution in [3.05, 3.63) is 22.9 Å². The van der Waals surface area contributed by atoms with Crippen LogP contribution >= 0.6 is 11.3 Å². The second-order valence-corrected chi connectivity index (χ2v) is 2.30. The zero-order valence-electron chi connectivity index (χ0n) is 5.97. The zero-order valence-corrected chi connectivity index (χ0v) is 6.79. The Balaban J connectivity index is 0.000000183. The minimum atomic E-state index is -0.0985. The van der Waals surface area contributed by atoms with Crippen LogP contribution in [0.2, 0.25) is 0 Å². The Hall–Kier alpha value is -0.870. The van der Waals surface area contributed by atoms with Crippen molar-refractivity contribution in [3.63, 3.8) is 0 Å². The standard InChI is InChI=1S/C4H4S.C3H6O3/c1-2-4-5-3-1;4-1-2-6-3-5/h1-4H;3-4H,1-2H2. The summed E-state index contributed by atoms with van der Waals surface area (Å²) in [5, 5.41) is 12.0. The van der Waals surface area contributed by atoms with Crippen molar-refractivity contribution in [2.45, 2.75) is 0 Å². The van der Waals surface area contributed by atoms with E-state index in [1.165, 1.54) is 0 Å². The lowest BCUT2D eigenvalue weighted by Gasteiger charge is -1.86. The molecule has 1 N–H and O–H groups in total. The lowest BCUT2D eigenvalue weighted by molar-refractivity contribution is -0.129. The van der Waals surface area contributed by atoms with E-state index in [0.29, 0.717) is 6.47 Å². The zero-order chi connectivity index (χ0) is 8.36. The Morgan fingerprint density at radius 2 is 2.09 bits per heavy atom. The maximum Gasteiger partial charge on any atom is 0.293 e. The highest BCUT2D eigenvalue weighted by molar-refractivity contribution is 7.07. The fraction of sp³-hybridized carbons (Fsp3) is 0.286. The Kier molecular flexibility index (Phi) is 8.41. The quantitative estimate of drug-likeness (QED) is 0.547. The highest BCUT2D eigenvalue weighted by atomic mass is 32.1. The number of aliphatic hydroxyl groups excluding tert-OH is 1. The molecule has 0 atom stereocenters. The smallest absolute Gasteiger partial charge is 0.293 e. The number of hydrogen-bond acceptors (Lipinski definition) is 4. The largest absolute Gasteiger partial charge is 0.465 e. The summed E-state index contributed by atoms with van der Waals surface area (Å²) in [5.74, 6) is 0. The van der Waals surface area contributed by atoms with E-state index in [-0.39, 0.29) is 13.2 Å². The van der Waals surface area contributed by atoms with Gasteiger partial charge < -0.3 is 9.84 Å². The molecule has 0 aliphatic carbocycles. The third-order valence-electron chi connectivity index (χ3n) is 0.703. The summed E-state index contributed by atoms with van der Waals surface area (Å²) in [6.45, 7) is 0.304. The molecule has 1 heterocycles. The fourth-order valence-corrected chi connectivity index (χ4v) is 0.781. The molecule has 0 saturated carbocycles. The lowest BCUT2D eigenvalue weighted by atomic mass is 10.7. The number of rotatable bonds is 3. The molecule has 0 radical (unpaired) electrons. The molecule has 11 heavy (non-hydrogen) atoms. The van der Waals surface area contributed by atoms with Gasteiger partial charge in [0.25, 0.3) is 6.47 Å². The minimum absolute atomic E-state index is 0.0985. The van der Waals surface area contributed by atoms with Crippen molar-refractivity contribution in [1.29, 1.82) is 0 Å². The number of carbonyl (C=O) groups excluding carboxylic acids is 1. The highest BCUT2D eigenvalue weighted by Crippen LogP contribution is 1.91. The van der Waals surface area contributed by atoms with Crippen LogP contribution in [0.15, 0.2) is 22.9 Å². The second-order valence-electron chi connectivity index (χ2n) is 1.48. The molecule has 4 heteroatoms. The molecule has 1 aromatic heterocycles. The van der Waals surface area contributed by atoms with Crippen LogP contribution in [0.4, 0.5) is 0 Å². The van der Waals surface area contributed by atoms with Crippen molar-refractivity contribution in [2.75, 3.05) is 13.2 Å². The molecule has 1 aromatic rings. The first kappa shape index (κ1) is 10.1. The maximum atomic E-state index is 9.23. The van der Waals surface area contributed by atoms with Crippen LogP contribution < -0.4 is 0 Å². The van der Waals surface area contributed by atoms with Gasteiger partial charge in [0.1, 0.15) is 6.61 Å². The normalized spacial score (nSPS) is 7.73. The molecule has 62 valence electrons. The van der Waals surface area contributed by atoms with Crippen molar-refractivity contribution < 1.29 is 14.6 Å². The summed E-state index contributed by atoms with van der Waals surface area (Å²) in [5.41, 5.74) is 0. The van der Waals surface area contributed by atoms with Gasteiger partial charge in [-0.3, -0.25) is 4.79 Å². The van der Waals surface area contributed by atoms with Gasteiger partial charge in [0.15, 0.2) is 0 Å². The second kappa shape index (κ2) is 9.13. The Labute approximate surface area is 69.2 Å². The number of hydrogen-bond donors (Lipinski definition) is 1. The van der Waals surface area contributed by atoms with Crippen molar-refractivity contribution >= 4 is 17.8 Å². The first-order valence-corrected chi connectivity index (χ1v) is 3.99. The molecule has 0 unspecified atom stereocenters. The summed E-state index contributed by atoms with van der Waals surface area (Å²) in [4.78, 5) is 9.23. The molecular formula is C7H10O3S. The highest BCUT2D eigenvalue weighted by Gasteiger charge is 1.72. The van der Waals surface area contributed by atoms with Gasteiger partial charge in [-0.2, -0.15) is 11.3 Å². The molecule has 0 saturated heterocycles. The number of ether oxygens (including phenoxy) is 1. The summed E-state index contributed by atoms with van der Waals surface area (Å²) in [6, 6.07) is 4.04. The van der Waals surface area contributed by atoms with Crippen molar-refractivity contribution in [1.82, 2.24) is 0 Å². The van der Waals surface area contributed by atoms with Crippen LogP contribution in [0.25, 0.3) is 0 Å². The van der Waals surface area contributed by atoms with E-state index in [1.807, 2.05) is 22.9 Å². The van der Waals surface area contributed by atoms with Crippen LogP contribution in [0, 0.1) is 0 Å². The summed E-state index contributed by atoms with van der Waals surface area (Å²) in [7, 11) is 0. The first-order chi connectivity index (χ1) is 5.41. The Bertz CT molecular complexity index is 134. The summed E-state index contributed by atoms with van der Waals surface area (Å²) >= 11 is 1.71. The van der Waals surface area contributed by atoms with Gasteiger partial charge in [-0.1, -0.05) is 12.1 Å². The third kappa shape index (κ3) is 9.13. The van der Waals surface area contributed by atoms with Crippen molar-refractivity contribution in [2.24, 2.45) is 0 Å². The minimum Gasteiger partial charge on any atom is -0.465 e. The maximum absolute atomic E-state index is 9.23. The average Bonchev–Trinajstić information content (AvgIpc) is 2.57. The van der Waals surface area contributed by atoms with E-state index in [9.17, 15) is 4.79 Å². The molecule has 0 bridgehead atoms. The average molecular weight is 174 g/mol. The monoisotopic (exact) mass is 174 g/mol. The van der Waals surface area contributed by atoms with Gasteiger partial charge in [0.05, 0.1) is 6.61 Å². The Morgan fingerprint density at radius 1 is 1.45 bits per heavy atom. The van der Waals surface area contributed by atoms with Crippen LogP contribution in [0.1, 0.15) is 0 Å². The molecule has 0 spiro atoms. The van der Waals surface area contributed by atoms with E-state index in [2.05, 4.69) is 4.74 Å². The Morgan fingerprint density at radius 3 is 2.27 bits per heavy atom. The van der Waals surface area contributed by atoms with E-state index in [1.54, 1.807) is 11.3 Å². The predicted octanol–water partition coefficient (Wildman–Crippen LogP) is 0.900. The van der Waals surface area contributed by atoms with Crippen LogP contribution in [-0.4, -0.2) is 24.8 Å². The summed E-state index contributed by atoms with van der Waals surface area (Å²) in [6.07, 6.45) is 0. The molecule has 0 aliphatic heterocycles. The van der Waals surface area contributed by atoms with Crippen LogP contribution in [0.5, 0.6) is 0 Å². The molecule has 0 fully saturated rings. The van der Waals surface area contributed by atoms with E-state index >= 15 is 0 Å². The summed E-state index contributed by atoms with van der Waals surface area (Å²) < 4.78 is 4.05. The van der Waals surface area contributed by atoms with Gasteiger partial charge in [0, 0.05) is 0 Å². The molecular weight excluding hydrogens is 164 g/mol. The van der Waals surface area contributed by atoms with Crippen LogP contribution in [-0.2, 0) is 9.53 Å². The molecule has 0 aromatic carbocycles. The van der Waals surface area contributed by atoms with Gasteiger partial charge in [-0.15, -0.1) is 0 Å². The van der Waals surface area contributed by atoms with Crippen molar-refractivity contribution in [3.8, 4) is 0 Å². The SMILES string of the molecule is O=COCCO.c1ccsc1. The first-order valence-electron chi connectivity index (χ1n) is 3.05. The molecule has 1 rings (SSSR count).